The summed E-state index contributed by atoms with van der Waals surface area (Å²) < 4.78 is 0. The van der Waals surface area contributed by atoms with Gasteiger partial charge in [0, 0.05) is 10.7 Å². The zero-order valence-electron chi connectivity index (χ0n) is 11.7. The van der Waals surface area contributed by atoms with Crippen molar-refractivity contribution in [2.45, 2.75) is 0 Å². The van der Waals surface area contributed by atoms with Gasteiger partial charge in [-0.15, -0.1) is 0 Å². The summed E-state index contributed by atoms with van der Waals surface area (Å²) in [5.74, 6) is -1.88. The number of aromatic carboxylic acids is 1. The molecule has 0 spiro atoms. The molecule has 114 valence electrons. The molecular weight excluding hydrogens is 316 g/mol. The highest BCUT2D eigenvalue weighted by molar-refractivity contribution is 6.31. The lowest BCUT2D eigenvalue weighted by Crippen LogP contribution is -2.21. The average Bonchev–Trinajstić information content (AvgIpc) is 2.53. The predicted molar refractivity (Wildman–Crippen MR) is 84.4 cm³/mol. The number of nitrogens with one attached hydrogen (secondary N) is 1. The molecule has 2 aromatic rings. The Hall–Kier alpha value is -3.10. The van der Waals surface area contributed by atoms with Crippen LogP contribution in [0.1, 0.15) is 15.9 Å². The number of nitriles is 1. The highest BCUT2D eigenvalue weighted by atomic mass is 35.5. The Balaban J connectivity index is 2.19. The molecule has 0 bridgehead atoms. The summed E-state index contributed by atoms with van der Waals surface area (Å²) in [6.07, 6.45) is 1.36. The van der Waals surface area contributed by atoms with Gasteiger partial charge in [0.05, 0.1) is 5.97 Å². The number of hydrogen-bond donors (Lipinski definition) is 1. The molecule has 1 amide bonds. The van der Waals surface area contributed by atoms with E-state index in [0.717, 1.165) is 0 Å². The average molecular weight is 326 g/mol. The largest absolute Gasteiger partial charge is 0.545 e. The number of hydrogen-bond acceptors (Lipinski definition) is 4. The van der Waals surface area contributed by atoms with Crippen LogP contribution in [0.4, 0.5) is 5.69 Å². The van der Waals surface area contributed by atoms with Gasteiger partial charge in [-0.1, -0.05) is 41.9 Å². The van der Waals surface area contributed by atoms with Crippen molar-refractivity contribution in [3.8, 4) is 6.07 Å². The van der Waals surface area contributed by atoms with Gasteiger partial charge in [0.25, 0.3) is 5.91 Å². The minimum Gasteiger partial charge on any atom is -0.545 e. The summed E-state index contributed by atoms with van der Waals surface area (Å²) in [7, 11) is 0. The van der Waals surface area contributed by atoms with Crippen LogP contribution >= 0.6 is 11.6 Å². The first-order chi connectivity index (χ1) is 11.0. The molecule has 0 atom stereocenters. The van der Waals surface area contributed by atoms with Crippen LogP contribution in [0.5, 0.6) is 0 Å². The first kappa shape index (κ1) is 16.3. The molecule has 0 aliphatic rings. The number of benzene rings is 2. The molecule has 0 radical (unpaired) electrons. The van der Waals surface area contributed by atoms with E-state index in [2.05, 4.69) is 5.32 Å². The van der Waals surface area contributed by atoms with E-state index in [1.54, 1.807) is 24.3 Å². The Morgan fingerprint density at radius 1 is 1.17 bits per heavy atom. The standard InChI is InChI=1S/C17H11ClN2O3/c18-14-2-1-3-15(9-14)20-16(21)13(10-19)8-11-4-6-12(7-5-11)17(22)23/h1-9H,(H,20,21)(H,22,23)/p-1/b13-8+. The summed E-state index contributed by atoms with van der Waals surface area (Å²) >= 11 is 5.83. The second-order valence-electron chi connectivity index (χ2n) is 4.54. The van der Waals surface area contributed by atoms with Gasteiger partial charge in [0.1, 0.15) is 11.6 Å². The van der Waals surface area contributed by atoms with Crippen LogP contribution in [-0.4, -0.2) is 11.9 Å². The highest BCUT2D eigenvalue weighted by Crippen LogP contribution is 2.16. The molecule has 0 saturated carbocycles. The van der Waals surface area contributed by atoms with Crippen LogP contribution in [0.25, 0.3) is 6.08 Å². The first-order valence-electron chi connectivity index (χ1n) is 6.50. The van der Waals surface area contributed by atoms with Crippen molar-refractivity contribution in [1.29, 1.82) is 5.26 Å². The SMILES string of the molecule is N#C/C(=C\c1ccc(C(=O)[O-])cc1)C(=O)Nc1cccc(Cl)c1. The van der Waals surface area contributed by atoms with E-state index >= 15 is 0 Å². The van der Waals surface area contributed by atoms with Crippen LogP contribution in [-0.2, 0) is 4.79 Å². The Morgan fingerprint density at radius 2 is 1.87 bits per heavy atom. The predicted octanol–water partition coefficient (Wildman–Crippen LogP) is 2.25. The van der Waals surface area contributed by atoms with Gasteiger partial charge in [0.15, 0.2) is 0 Å². The van der Waals surface area contributed by atoms with E-state index in [9.17, 15) is 14.7 Å². The van der Waals surface area contributed by atoms with Gasteiger partial charge in [0.2, 0.25) is 0 Å². The van der Waals surface area contributed by atoms with Gasteiger partial charge in [-0.25, -0.2) is 0 Å². The fraction of sp³-hybridized carbons (Fsp3) is 0. The number of carboxylic acids is 1. The number of carbonyl (C=O) groups is 2. The monoisotopic (exact) mass is 325 g/mol. The maximum Gasteiger partial charge on any atom is 0.266 e. The fourth-order valence-corrected chi connectivity index (χ4v) is 1.99. The normalized spacial score (nSPS) is 10.7. The van der Waals surface area contributed by atoms with Gasteiger partial charge in [-0.05, 0) is 35.4 Å². The third-order valence-corrected chi connectivity index (χ3v) is 3.14. The third-order valence-electron chi connectivity index (χ3n) is 2.90. The Bertz CT molecular complexity index is 820. The molecule has 0 aliphatic carbocycles. The molecule has 6 heteroatoms. The van der Waals surface area contributed by atoms with Crippen molar-refractivity contribution in [1.82, 2.24) is 0 Å². The van der Waals surface area contributed by atoms with E-state index < -0.39 is 11.9 Å². The van der Waals surface area contributed by atoms with Crippen molar-refractivity contribution < 1.29 is 14.7 Å². The Labute approximate surface area is 137 Å². The molecule has 23 heavy (non-hydrogen) atoms. The molecule has 0 aromatic heterocycles. The van der Waals surface area contributed by atoms with Gasteiger partial charge in [-0.2, -0.15) is 5.26 Å². The molecule has 1 N–H and O–H groups in total. The highest BCUT2D eigenvalue weighted by Gasteiger charge is 2.09. The molecule has 2 aromatic carbocycles. The van der Waals surface area contributed by atoms with Crippen LogP contribution in [0.15, 0.2) is 54.1 Å². The van der Waals surface area contributed by atoms with E-state index in [-0.39, 0.29) is 11.1 Å². The number of carboxylic acid groups (broad SMARTS) is 1. The van der Waals surface area contributed by atoms with Crippen LogP contribution in [0, 0.1) is 11.3 Å². The van der Waals surface area contributed by atoms with E-state index in [0.29, 0.717) is 16.3 Å². The lowest BCUT2D eigenvalue weighted by atomic mass is 10.1. The third kappa shape index (κ3) is 4.43. The second-order valence-corrected chi connectivity index (χ2v) is 4.98. The maximum atomic E-state index is 12.1. The quantitative estimate of drug-likeness (QED) is 0.689. The van der Waals surface area contributed by atoms with E-state index in [1.807, 2.05) is 6.07 Å². The Morgan fingerprint density at radius 3 is 2.43 bits per heavy atom. The molecular formula is C17H10ClN2O3-. The van der Waals surface area contributed by atoms with Crippen molar-refractivity contribution in [3.63, 3.8) is 0 Å². The number of nitrogens with zero attached hydrogens (tertiary/aromatic N) is 1. The molecule has 0 heterocycles. The van der Waals surface area contributed by atoms with Crippen molar-refractivity contribution >= 4 is 35.2 Å². The smallest absolute Gasteiger partial charge is 0.266 e. The zero-order chi connectivity index (χ0) is 16.8. The minimum absolute atomic E-state index is 0.0176. The van der Waals surface area contributed by atoms with E-state index in [4.69, 9.17) is 16.9 Å². The number of carbonyl (C=O) groups excluding carboxylic acids is 2. The van der Waals surface area contributed by atoms with Crippen LogP contribution < -0.4 is 10.4 Å². The van der Waals surface area contributed by atoms with Crippen LogP contribution in [0.2, 0.25) is 5.02 Å². The number of anilines is 1. The number of halogens is 1. The summed E-state index contributed by atoms with van der Waals surface area (Å²) in [5.41, 5.74) is 0.888. The Kier molecular flexibility index (Phi) is 5.13. The number of rotatable bonds is 4. The first-order valence-corrected chi connectivity index (χ1v) is 6.87. The lowest BCUT2D eigenvalue weighted by Gasteiger charge is -2.05. The van der Waals surface area contributed by atoms with Crippen LogP contribution in [0.3, 0.4) is 0 Å². The van der Waals surface area contributed by atoms with Gasteiger partial charge in [-0.3, -0.25) is 4.79 Å². The molecule has 0 unspecified atom stereocenters. The second kappa shape index (κ2) is 7.25. The maximum absolute atomic E-state index is 12.1. The summed E-state index contributed by atoms with van der Waals surface area (Å²) in [4.78, 5) is 22.8. The fourth-order valence-electron chi connectivity index (χ4n) is 1.80. The van der Waals surface area contributed by atoms with E-state index in [1.165, 1.54) is 30.3 Å². The number of amides is 1. The topological polar surface area (TPSA) is 93.0 Å². The molecule has 0 saturated heterocycles. The van der Waals surface area contributed by atoms with Gasteiger partial charge >= 0.3 is 0 Å². The summed E-state index contributed by atoms with van der Waals surface area (Å²) in [6.45, 7) is 0. The minimum atomic E-state index is -1.29. The van der Waals surface area contributed by atoms with Crippen molar-refractivity contribution in [2.24, 2.45) is 0 Å². The zero-order valence-corrected chi connectivity index (χ0v) is 12.5. The molecule has 0 aliphatic heterocycles. The summed E-state index contributed by atoms with van der Waals surface area (Å²) in [5, 5.41) is 22.8. The lowest BCUT2D eigenvalue weighted by molar-refractivity contribution is -0.255. The van der Waals surface area contributed by atoms with Gasteiger partial charge < -0.3 is 15.2 Å². The molecule has 2 rings (SSSR count). The summed E-state index contributed by atoms with van der Waals surface area (Å²) in [6, 6.07) is 14.0. The van der Waals surface area contributed by atoms with Crippen molar-refractivity contribution in [2.75, 3.05) is 5.32 Å². The molecule has 0 fully saturated rings. The van der Waals surface area contributed by atoms with Crippen molar-refractivity contribution in [3.05, 3.63) is 70.3 Å². The molecule has 5 nitrogen and oxygen atoms in total.